The highest BCUT2D eigenvalue weighted by molar-refractivity contribution is 7.91. The van der Waals surface area contributed by atoms with E-state index >= 15 is 0 Å². The second-order valence-corrected chi connectivity index (χ2v) is 10.5. The third-order valence-corrected chi connectivity index (χ3v) is 7.92. The summed E-state index contributed by atoms with van der Waals surface area (Å²) in [5, 5.41) is 0. The summed E-state index contributed by atoms with van der Waals surface area (Å²) in [6.07, 6.45) is 4.37. The second-order valence-electron chi connectivity index (χ2n) is 8.59. The molecule has 0 fully saturated rings. The lowest BCUT2D eigenvalue weighted by Gasteiger charge is -2.06. The molecule has 0 spiro atoms. The number of benzene rings is 4. The zero-order chi connectivity index (χ0) is 25.2. The minimum Gasteiger partial charge on any atom is -0.493 e. The van der Waals surface area contributed by atoms with Crippen LogP contribution in [0.3, 0.4) is 0 Å². The number of aliphatic imine (C=N–C) groups is 2. The fourth-order valence-electron chi connectivity index (χ4n) is 4.11. The van der Waals surface area contributed by atoms with Gasteiger partial charge < -0.3 is 14.2 Å². The first-order chi connectivity index (χ1) is 18.0. The Morgan fingerprint density at radius 1 is 0.622 bits per heavy atom. The molecule has 0 atom stereocenters. The summed E-state index contributed by atoms with van der Waals surface area (Å²) in [6.45, 7) is 0.926. The number of fused-ring (bicyclic) bond motifs is 2. The van der Waals surface area contributed by atoms with Crippen LogP contribution in [0.5, 0.6) is 17.2 Å². The Morgan fingerprint density at radius 3 is 1.84 bits per heavy atom. The van der Waals surface area contributed by atoms with Crippen LogP contribution in [0, 0.1) is 0 Å². The van der Waals surface area contributed by atoms with Crippen molar-refractivity contribution in [2.75, 3.05) is 13.4 Å². The molecule has 0 N–H and O–H groups in total. The molecule has 0 bridgehead atoms. The normalized spacial score (nSPS) is 14.3. The van der Waals surface area contributed by atoms with E-state index in [1.54, 1.807) is 61.0 Å². The minimum atomic E-state index is -3.67. The molecule has 0 saturated heterocycles. The van der Waals surface area contributed by atoms with Crippen LogP contribution in [0.1, 0.15) is 16.7 Å². The molecule has 8 heteroatoms. The molecule has 0 saturated carbocycles. The summed E-state index contributed by atoms with van der Waals surface area (Å²) >= 11 is 0. The van der Waals surface area contributed by atoms with Crippen molar-refractivity contribution < 1.29 is 22.6 Å². The van der Waals surface area contributed by atoms with Gasteiger partial charge in [0.15, 0.2) is 11.5 Å². The van der Waals surface area contributed by atoms with Crippen LogP contribution in [0.2, 0.25) is 0 Å². The molecule has 4 aromatic carbocycles. The zero-order valence-electron chi connectivity index (χ0n) is 19.7. The molecule has 7 nitrogen and oxygen atoms in total. The predicted octanol–water partition coefficient (Wildman–Crippen LogP) is 5.68. The maximum Gasteiger partial charge on any atom is 0.231 e. The SMILES string of the molecule is O=S(=O)(c1ccc(N=Cc2ccc3c(c2)OCC3)cc1)c1ccc(N=Cc2ccc3c(c2)OCO3)cc1. The van der Waals surface area contributed by atoms with Crippen molar-refractivity contribution in [1.29, 1.82) is 0 Å². The Kier molecular flexibility index (Phi) is 5.94. The molecule has 4 aromatic rings. The number of hydrogen-bond donors (Lipinski definition) is 0. The molecule has 0 radical (unpaired) electrons. The molecule has 2 aliphatic rings. The van der Waals surface area contributed by atoms with E-state index in [4.69, 9.17) is 14.2 Å². The Bertz CT molecular complexity index is 1510. The van der Waals surface area contributed by atoms with Crippen molar-refractivity contribution in [3.8, 4) is 17.2 Å². The number of rotatable bonds is 6. The van der Waals surface area contributed by atoms with Gasteiger partial charge in [-0.25, -0.2) is 8.42 Å². The maximum atomic E-state index is 13.1. The smallest absolute Gasteiger partial charge is 0.231 e. The van der Waals surface area contributed by atoms with Crippen LogP contribution >= 0.6 is 0 Å². The van der Waals surface area contributed by atoms with Crippen LogP contribution in [0.25, 0.3) is 0 Å². The van der Waals surface area contributed by atoms with Gasteiger partial charge in [-0.05, 0) is 89.5 Å². The average Bonchev–Trinajstić information content (AvgIpc) is 3.60. The molecule has 184 valence electrons. The Hall–Kier alpha value is -4.43. The fraction of sp³-hybridized carbons (Fsp3) is 0.103. The lowest BCUT2D eigenvalue weighted by molar-refractivity contribution is 0.174. The number of nitrogens with zero attached hydrogens (tertiary/aromatic N) is 2. The van der Waals surface area contributed by atoms with E-state index in [2.05, 4.69) is 9.98 Å². The summed E-state index contributed by atoms with van der Waals surface area (Å²) in [6, 6.07) is 24.6. The van der Waals surface area contributed by atoms with Crippen molar-refractivity contribution in [3.05, 3.63) is 102 Å². The molecule has 0 amide bonds. The first-order valence-electron chi connectivity index (χ1n) is 11.7. The summed E-state index contributed by atoms with van der Waals surface area (Å²) in [4.78, 5) is 9.30. The van der Waals surface area contributed by atoms with E-state index in [0.717, 1.165) is 23.3 Å². The summed E-state index contributed by atoms with van der Waals surface area (Å²) in [5.74, 6) is 2.29. The molecular formula is C29H22N2O5S. The molecular weight excluding hydrogens is 488 g/mol. The van der Waals surface area contributed by atoms with E-state index < -0.39 is 9.84 Å². The van der Waals surface area contributed by atoms with Gasteiger partial charge in [-0.2, -0.15) is 0 Å². The van der Waals surface area contributed by atoms with Gasteiger partial charge >= 0.3 is 0 Å². The van der Waals surface area contributed by atoms with Gasteiger partial charge in [0, 0.05) is 18.9 Å². The average molecular weight is 511 g/mol. The monoisotopic (exact) mass is 510 g/mol. The maximum absolute atomic E-state index is 13.1. The number of hydrogen-bond acceptors (Lipinski definition) is 7. The summed E-state index contributed by atoms with van der Waals surface area (Å²) < 4.78 is 42.5. The van der Waals surface area contributed by atoms with Crippen LogP contribution in [0.4, 0.5) is 11.4 Å². The molecule has 2 aliphatic heterocycles. The van der Waals surface area contributed by atoms with E-state index in [-0.39, 0.29) is 16.6 Å². The van der Waals surface area contributed by atoms with Crippen molar-refractivity contribution in [2.24, 2.45) is 9.98 Å². The van der Waals surface area contributed by atoms with Crippen LogP contribution < -0.4 is 14.2 Å². The Morgan fingerprint density at radius 2 is 1.19 bits per heavy atom. The molecule has 0 aromatic heterocycles. The quantitative estimate of drug-likeness (QED) is 0.311. The first-order valence-corrected chi connectivity index (χ1v) is 13.2. The lowest BCUT2D eigenvalue weighted by atomic mass is 10.1. The van der Waals surface area contributed by atoms with E-state index in [1.165, 1.54) is 5.56 Å². The highest BCUT2D eigenvalue weighted by Gasteiger charge is 2.17. The Labute approximate surface area is 214 Å². The van der Waals surface area contributed by atoms with Gasteiger partial charge in [-0.1, -0.05) is 12.1 Å². The standard InChI is InChI=1S/C29H22N2O5S/c32-37(33,25-8-4-23(5-9-25)30-17-20-1-3-22-13-14-34-28(22)15-20)26-10-6-24(7-11-26)31-18-21-2-12-27-29(16-21)36-19-35-27/h1-12,15-18H,13-14,19H2. The van der Waals surface area contributed by atoms with Crippen molar-refractivity contribution >= 4 is 33.6 Å². The zero-order valence-corrected chi connectivity index (χ0v) is 20.5. The topological polar surface area (TPSA) is 86.6 Å². The third kappa shape index (κ3) is 4.83. The lowest BCUT2D eigenvalue weighted by Crippen LogP contribution is -2.01. The van der Waals surface area contributed by atoms with E-state index in [1.807, 2.05) is 36.4 Å². The van der Waals surface area contributed by atoms with Gasteiger partial charge in [0.1, 0.15) is 5.75 Å². The third-order valence-electron chi connectivity index (χ3n) is 6.14. The van der Waals surface area contributed by atoms with Gasteiger partial charge in [0.25, 0.3) is 0 Å². The summed E-state index contributed by atoms with van der Waals surface area (Å²) in [5.41, 5.74) is 4.29. The fourth-order valence-corrected chi connectivity index (χ4v) is 5.37. The minimum absolute atomic E-state index is 0.198. The molecule has 6 rings (SSSR count). The van der Waals surface area contributed by atoms with Crippen LogP contribution in [0.15, 0.2) is 105 Å². The highest BCUT2D eigenvalue weighted by Crippen LogP contribution is 2.32. The van der Waals surface area contributed by atoms with E-state index in [0.29, 0.717) is 29.5 Å². The van der Waals surface area contributed by atoms with Crippen molar-refractivity contribution in [1.82, 2.24) is 0 Å². The molecule has 37 heavy (non-hydrogen) atoms. The molecule has 2 heterocycles. The summed E-state index contributed by atoms with van der Waals surface area (Å²) in [7, 11) is -3.67. The van der Waals surface area contributed by atoms with E-state index in [9.17, 15) is 8.42 Å². The highest BCUT2D eigenvalue weighted by atomic mass is 32.2. The van der Waals surface area contributed by atoms with Crippen molar-refractivity contribution in [2.45, 2.75) is 16.2 Å². The Balaban J connectivity index is 1.14. The van der Waals surface area contributed by atoms with Gasteiger partial charge in [0.05, 0.1) is 27.8 Å². The van der Waals surface area contributed by atoms with Gasteiger partial charge in [-0.3, -0.25) is 9.98 Å². The molecule has 0 aliphatic carbocycles. The number of ether oxygens (including phenoxy) is 3. The van der Waals surface area contributed by atoms with Crippen LogP contribution in [-0.2, 0) is 16.3 Å². The van der Waals surface area contributed by atoms with Crippen molar-refractivity contribution in [3.63, 3.8) is 0 Å². The largest absolute Gasteiger partial charge is 0.493 e. The second kappa shape index (κ2) is 9.55. The number of sulfone groups is 1. The van der Waals surface area contributed by atoms with Gasteiger partial charge in [-0.15, -0.1) is 0 Å². The van der Waals surface area contributed by atoms with Gasteiger partial charge in [0.2, 0.25) is 16.6 Å². The molecule has 0 unspecified atom stereocenters. The first kappa shape index (κ1) is 23.0. The van der Waals surface area contributed by atoms with Crippen LogP contribution in [-0.4, -0.2) is 34.2 Å². The predicted molar refractivity (Wildman–Crippen MR) is 141 cm³/mol.